The predicted molar refractivity (Wildman–Crippen MR) is 120 cm³/mol. The molecule has 2 atom stereocenters. The average molecular weight is 426 g/mol. The Morgan fingerprint density at radius 1 is 1.03 bits per heavy atom. The van der Waals surface area contributed by atoms with Gasteiger partial charge in [0.25, 0.3) is 0 Å². The van der Waals surface area contributed by atoms with Gasteiger partial charge in [-0.1, -0.05) is 54.9 Å². The van der Waals surface area contributed by atoms with Gasteiger partial charge in [-0.15, -0.1) is 0 Å². The van der Waals surface area contributed by atoms with E-state index in [2.05, 4.69) is 17.1 Å². The summed E-state index contributed by atoms with van der Waals surface area (Å²) in [5.74, 6) is 0.511. The summed E-state index contributed by atoms with van der Waals surface area (Å²) in [5.41, 5.74) is 3.11. The maximum atomic E-state index is 12.9. The van der Waals surface area contributed by atoms with E-state index in [4.69, 9.17) is 11.6 Å². The summed E-state index contributed by atoms with van der Waals surface area (Å²) in [6, 6.07) is 15.7. The molecule has 0 bridgehead atoms. The van der Waals surface area contributed by atoms with Crippen molar-refractivity contribution in [3.8, 4) is 0 Å². The molecule has 1 N–H and O–H groups in total. The van der Waals surface area contributed by atoms with Crippen molar-refractivity contribution < 1.29 is 9.59 Å². The van der Waals surface area contributed by atoms with Crippen molar-refractivity contribution in [1.82, 2.24) is 9.80 Å². The number of piperazine rings is 1. The second-order valence-corrected chi connectivity index (χ2v) is 8.54. The van der Waals surface area contributed by atoms with Crippen LogP contribution in [0.3, 0.4) is 0 Å². The van der Waals surface area contributed by atoms with Crippen molar-refractivity contribution in [1.29, 1.82) is 0 Å². The van der Waals surface area contributed by atoms with E-state index in [1.54, 1.807) is 0 Å². The number of hydrogen-bond acceptors (Lipinski definition) is 3. The van der Waals surface area contributed by atoms with Gasteiger partial charge in [-0.3, -0.25) is 14.5 Å². The number of nitrogens with zero attached hydrogens (tertiary/aromatic N) is 2. The second kappa shape index (κ2) is 9.19. The van der Waals surface area contributed by atoms with Crippen LogP contribution in [0.15, 0.2) is 48.5 Å². The lowest BCUT2D eigenvalue weighted by Gasteiger charge is -2.34. The minimum atomic E-state index is -0.00310. The van der Waals surface area contributed by atoms with Crippen LogP contribution >= 0.6 is 11.6 Å². The van der Waals surface area contributed by atoms with Gasteiger partial charge in [0.2, 0.25) is 11.8 Å². The number of anilines is 1. The second-order valence-electron chi connectivity index (χ2n) is 8.13. The molecule has 2 fully saturated rings. The maximum absolute atomic E-state index is 12.9. The van der Waals surface area contributed by atoms with Gasteiger partial charge >= 0.3 is 0 Å². The van der Waals surface area contributed by atoms with Gasteiger partial charge in [0.15, 0.2) is 0 Å². The standard InChI is InChI=1S/C24H28ClN3O2/c1-2-17-7-3-6-10-22(17)26-23(29)16-27-11-13-28(14-12-27)24(30)20-15-19(20)18-8-4-5-9-21(18)25/h3-10,19-20H,2,11-16H2,1H3,(H,26,29). The third kappa shape index (κ3) is 4.68. The smallest absolute Gasteiger partial charge is 0.238 e. The summed E-state index contributed by atoms with van der Waals surface area (Å²) in [5, 5.41) is 3.77. The van der Waals surface area contributed by atoms with Crippen LogP contribution in [0.2, 0.25) is 5.02 Å². The van der Waals surface area contributed by atoms with Gasteiger partial charge in [0.1, 0.15) is 0 Å². The normalized spacial score (nSPS) is 21.3. The first-order chi connectivity index (χ1) is 14.6. The number of rotatable bonds is 6. The van der Waals surface area contributed by atoms with Crippen molar-refractivity contribution >= 4 is 29.1 Å². The van der Waals surface area contributed by atoms with Crippen LogP contribution in [0.4, 0.5) is 5.69 Å². The number of para-hydroxylation sites is 1. The Bertz CT molecular complexity index is 924. The van der Waals surface area contributed by atoms with E-state index in [0.717, 1.165) is 47.8 Å². The Morgan fingerprint density at radius 2 is 1.73 bits per heavy atom. The lowest BCUT2D eigenvalue weighted by atomic mass is 10.1. The number of amides is 2. The first-order valence-corrected chi connectivity index (χ1v) is 11.1. The van der Waals surface area contributed by atoms with Crippen molar-refractivity contribution in [2.75, 3.05) is 38.0 Å². The number of carbonyl (C=O) groups excluding carboxylic acids is 2. The molecule has 1 heterocycles. The summed E-state index contributed by atoms with van der Waals surface area (Å²) in [4.78, 5) is 29.4. The van der Waals surface area contributed by atoms with Crippen LogP contribution in [0.5, 0.6) is 0 Å². The van der Waals surface area contributed by atoms with Crippen LogP contribution in [-0.4, -0.2) is 54.3 Å². The molecule has 1 aliphatic heterocycles. The minimum Gasteiger partial charge on any atom is -0.340 e. The summed E-state index contributed by atoms with van der Waals surface area (Å²) < 4.78 is 0. The van der Waals surface area contributed by atoms with E-state index in [0.29, 0.717) is 19.6 Å². The summed E-state index contributed by atoms with van der Waals surface area (Å²) >= 11 is 6.29. The summed E-state index contributed by atoms with van der Waals surface area (Å²) in [7, 11) is 0. The Morgan fingerprint density at radius 3 is 2.47 bits per heavy atom. The number of benzene rings is 2. The molecule has 0 aromatic heterocycles. The number of halogens is 1. The molecule has 1 aliphatic carbocycles. The molecule has 6 heteroatoms. The molecule has 2 amide bonds. The van der Waals surface area contributed by atoms with E-state index >= 15 is 0 Å². The van der Waals surface area contributed by atoms with E-state index < -0.39 is 0 Å². The summed E-state index contributed by atoms with van der Waals surface area (Å²) in [6.07, 6.45) is 1.76. The number of nitrogens with one attached hydrogen (secondary N) is 1. The Hall–Kier alpha value is -2.37. The molecular formula is C24H28ClN3O2. The van der Waals surface area contributed by atoms with Crippen molar-refractivity contribution in [2.24, 2.45) is 5.92 Å². The fourth-order valence-electron chi connectivity index (χ4n) is 4.29. The lowest BCUT2D eigenvalue weighted by Crippen LogP contribution is -2.51. The highest BCUT2D eigenvalue weighted by Gasteiger charge is 2.46. The van der Waals surface area contributed by atoms with E-state index in [1.165, 1.54) is 0 Å². The van der Waals surface area contributed by atoms with Gasteiger partial charge < -0.3 is 10.2 Å². The van der Waals surface area contributed by atoms with Crippen LogP contribution in [0.25, 0.3) is 0 Å². The number of hydrogen-bond donors (Lipinski definition) is 1. The molecule has 5 nitrogen and oxygen atoms in total. The Balaban J connectivity index is 1.25. The van der Waals surface area contributed by atoms with E-state index in [9.17, 15) is 9.59 Å². The Labute approximate surface area is 183 Å². The highest BCUT2D eigenvalue weighted by molar-refractivity contribution is 6.31. The molecule has 2 aromatic carbocycles. The number of aryl methyl sites for hydroxylation is 1. The zero-order valence-corrected chi connectivity index (χ0v) is 18.1. The predicted octanol–water partition coefficient (Wildman–Crippen LogP) is 3.79. The first-order valence-electron chi connectivity index (χ1n) is 10.7. The van der Waals surface area contributed by atoms with Crippen LogP contribution in [0, 0.1) is 5.92 Å². The lowest BCUT2D eigenvalue weighted by molar-refractivity contribution is -0.134. The topological polar surface area (TPSA) is 52.7 Å². The highest BCUT2D eigenvalue weighted by atomic mass is 35.5. The van der Waals surface area contributed by atoms with Gasteiger partial charge in [0, 0.05) is 42.8 Å². The molecule has 0 radical (unpaired) electrons. The molecule has 2 aromatic rings. The molecule has 2 aliphatic rings. The highest BCUT2D eigenvalue weighted by Crippen LogP contribution is 2.50. The third-order valence-electron chi connectivity index (χ3n) is 6.14. The van der Waals surface area contributed by atoms with Crippen LogP contribution in [0.1, 0.15) is 30.4 Å². The quantitative estimate of drug-likeness (QED) is 0.766. The molecule has 30 heavy (non-hydrogen) atoms. The SMILES string of the molecule is CCc1ccccc1NC(=O)CN1CCN(C(=O)C2CC2c2ccccc2Cl)CC1. The third-order valence-corrected chi connectivity index (χ3v) is 6.48. The van der Waals surface area contributed by atoms with Crippen LogP contribution < -0.4 is 5.32 Å². The van der Waals surface area contributed by atoms with Crippen molar-refractivity contribution in [3.05, 3.63) is 64.7 Å². The van der Waals surface area contributed by atoms with E-state index in [-0.39, 0.29) is 23.7 Å². The molecule has 158 valence electrons. The van der Waals surface area contributed by atoms with Crippen molar-refractivity contribution in [3.63, 3.8) is 0 Å². The van der Waals surface area contributed by atoms with Gasteiger partial charge in [-0.2, -0.15) is 0 Å². The first kappa shape index (κ1) is 20.9. The van der Waals surface area contributed by atoms with Gasteiger partial charge in [-0.25, -0.2) is 0 Å². The van der Waals surface area contributed by atoms with Crippen molar-refractivity contribution in [2.45, 2.75) is 25.7 Å². The van der Waals surface area contributed by atoms with Crippen LogP contribution in [-0.2, 0) is 16.0 Å². The molecule has 1 saturated carbocycles. The zero-order chi connectivity index (χ0) is 21.1. The molecule has 1 saturated heterocycles. The van der Waals surface area contributed by atoms with Gasteiger partial charge in [-0.05, 0) is 42.0 Å². The Kier molecular flexibility index (Phi) is 6.40. The fraction of sp³-hybridized carbons (Fsp3) is 0.417. The molecular weight excluding hydrogens is 398 g/mol. The van der Waals surface area contributed by atoms with Gasteiger partial charge in [0.05, 0.1) is 6.54 Å². The molecule has 0 spiro atoms. The average Bonchev–Trinajstić information content (AvgIpc) is 3.55. The minimum absolute atomic E-state index is 0.00310. The molecule has 2 unspecified atom stereocenters. The molecule has 4 rings (SSSR count). The van der Waals surface area contributed by atoms with E-state index in [1.807, 2.05) is 53.4 Å². The monoisotopic (exact) mass is 425 g/mol. The zero-order valence-electron chi connectivity index (χ0n) is 17.3. The summed E-state index contributed by atoms with van der Waals surface area (Å²) in [6.45, 7) is 5.21. The largest absolute Gasteiger partial charge is 0.340 e. The fourth-order valence-corrected chi connectivity index (χ4v) is 4.57. The maximum Gasteiger partial charge on any atom is 0.238 e. The number of carbonyl (C=O) groups is 2.